The lowest BCUT2D eigenvalue weighted by Crippen LogP contribution is -1.99. The van der Waals surface area contributed by atoms with Crippen LogP contribution in [-0.2, 0) is 0 Å². The number of pyridine rings is 1. The van der Waals surface area contributed by atoms with Gasteiger partial charge >= 0.3 is 5.97 Å². The Morgan fingerprint density at radius 1 is 1.17 bits per heavy atom. The third-order valence-corrected chi connectivity index (χ3v) is 2.41. The van der Waals surface area contributed by atoms with Gasteiger partial charge in [0.05, 0.1) is 5.56 Å². The number of carbonyl (C=O) groups is 1. The fraction of sp³-hybridized carbons (Fsp3) is 0. The molecule has 2 rings (SSSR count). The molecule has 90 valence electrons. The average Bonchev–Trinajstić information content (AvgIpc) is 2.38. The summed E-state index contributed by atoms with van der Waals surface area (Å²) >= 11 is 0. The summed E-state index contributed by atoms with van der Waals surface area (Å²) in [6.45, 7) is 0. The summed E-state index contributed by atoms with van der Waals surface area (Å²) in [7, 11) is 0. The van der Waals surface area contributed by atoms with Crippen molar-refractivity contribution in [1.82, 2.24) is 4.98 Å². The first kappa shape index (κ1) is 12.0. The Bertz CT molecular complexity index is 591. The maximum atomic E-state index is 12.7. The van der Waals surface area contributed by atoms with Gasteiger partial charge in [0.2, 0.25) is 0 Å². The van der Waals surface area contributed by atoms with E-state index in [0.29, 0.717) is 5.56 Å². The van der Waals surface area contributed by atoms with E-state index in [9.17, 15) is 9.18 Å². The van der Waals surface area contributed by atoms with Crippen LogP contribution in [0.25, 0.3) is 12.2 Å². The Labute approximate surface area is 103 Å². The molecule has 0 fully saturated rings. The van der Waals surface area contributed by atoms with Crippen LogP contribution >= 0.6 is 0 Å². The van der Waals surface area contributed by atoms with Gasteiger partial charge in [-0.1, -0.05) is 24.3 Å². The highest BCUT2D eigenvalue weighted by Crippen LogP contribution is 2.12. The second kappa shape index (κ2) is 5.23. The Hall–Kier alpha value is -2.49. The van der Waals surface area contributed by atoms with Crippen molar-refractivity contribution in [2.75, 3.05) is 0 Å². The van der Waals surface area contributed by atoms with Gasteiger partial charge in [-0.25, -0.2) is 9.18 Å². The predicted molar refractivity (Wildman–Crippen MR) is 66.5 cm³/mol. The van der Waals surface area contributed by atoms with Crippen LogP contribution < -0.4 is 0 Å². The van der Waals surface area contributed by atoms with Gasteiger partial charge in [-0.3, -0.25) is 4.98 Å². The lowest BCUT2D eigenvalue weighted by Gasteiger charge is -1.99. The molecule has 0 amide bonds. The number of aromatic carboxylic acids is 1. The molecular formula is C14H10FNO2. The van der Waals surface area contributed by atoms with E-state index in [1.807, 2.05) is 0 Å². The summed E-state index contributed by atoms with van der Waals surface area (Å²) in [4.78, 5) is 14.8. The van der Waals surface area contributed by atoms with Crippen LogP contribution in [0.1, 0.15) is 21.5 Å². The molecule has 0 bridgehead atoms. The van der Waals surface area contributed by atoms with Gasteiger partial charge < -0.3 is 5.11 Å². The topological polar surface area (TPSA) is 50.2 Å². The smallest absolute Gasteiger partial charge is 0.336 e. The van der Waals surface area contributed by atoms with Crippen molar-refractivity contribution in [3.8, 4) is 0 Å². The molecule has 2 aromatic rings. The normalized spacial score (nSPS) is 10.7. The van der Waals surface area contributed by atoms with Gasteiger partial charge in [-0.15, -0.1) is 0 Å². The van der Waals surface area contributed by atoms with Crippen LogP contribution in [0.15, 0.2) is 42.7 Å². The van der Waals surface area contributed by atoms with Gasteiger partial charge in [0.25, 0.3) is 0 Å². The minimum absolute atomic E-state index is 0.184. The van der Waals surface area contributed by atoms with E-state index in [0.717, 1.165) is 5.56 Å². The van der Waals surface area contributed by atoms with Crippen LogP contribution in [0.3, 0.4) is 0 Å². The molecule has 18 heavy (non-hydrogen) atoms. The summed E-state index contributed by atoms with van der Waals surface area (Å²) in [6, 6.07) is 7.36. The fourth-order valence-electron chi connectivity index (χ4n) is 1.49. The van der Waals surface area contributed by atoms with Crippen molar-refractivity contribution in [1.29, 1.82) is 0 Å². The molecule has 4 heteroatoms. The molecule has 0 unspecified atom stereocenters. The number of rotatable bonds is 3. The first-order chi connectivity index (χ1) is 8.66. The van der Waals surface area contributed by atoms with Crippen molar-refractivity contribution in [3.63, 3.8) is 0 Å². The van der Waals surface area contributed by atoms with Crippen LogP contribution in [0, 0.1) is 5.82 Å². The largest absolute Gasteiger partial charge is 0.478 e. The Kier molecular flexibility index (Phi) is 3.48. The quantitative estimate of drug-likeness (QED) is 0.901. The summed E-state index contributed by atoms with van der Waals surface area (Å²) in [5.74, 6) is -1.31. The number of benzene rings is 1. The van der Waals surface area contributed by atoms with E-state index in [4.69, 9.17) is 5.11 Å². The monoisotopic (exact) mass is 243 g/mol. The maximum Gasteiger partial charge on any atom is 0.336 e. The van der Waals surface area contributed by atoms with E-state index in [2.05, 4.69) is 4.98 Å². The molecule has 0 aliphatic carbocycles. The minimum atomic E-state index is -1.00. The molecule has 1 aromatic heterocycles. The van der Waals surface area contributed by atoms with Gasteiger partial charge in [0.15, 0.2) is 0 Å². The number of nitrogens with zero attached hydrogens (tertiary/aromatic N) is 1. The predicted octanol–water partition coefficient (Wildman–Crippen LogP) is 3.09. The fourth-order valence-corrected chi connectivity index (χ4v) is 1.49. The van der Waals surface area contributed by atoms with Crippen LogP contribution in [0.2, 0.25) is 0 Å². The third-order valence-electron chi connectivity index (χ3n) is 2.41. The minimum Gasteiger partial charge on any atom is -0.478 e. The second-order valence-electron chi connectivity index (χ2n) is 3.65. The lowest BCUT2D eigenvalue weighted by atomic mass is 10.1. The van der Waals surface area contributed by atoms with E-state index < -0.39 is 5.97 Å². The molecule has 1 aromatic carbocycles. The maximum absolute atomic E-state index is 12.7. The summed E-state index contributed by atoms with van der Waals surface area (Å²) in [6.07, 6.45) is 6.26. The number of carboxylic acid groups (broad SMARTS) is 1. The van der Waals surface area contributed by atoms with E-state index in [1.54, 1.807) is 24.3 Å². The zero-order valence-electron chi connectivity index (χ0n) is 9.38. The number of hydrogen-bond donors (Lipinski definition) is 1. The number of halogens is 1. The molecule has 1 N–H and O–H groups in total. The first-order valence-corrected chi connectivity index (χ1v) is 5.28. The Balaban J connectivity index is 2.29. The van der Waals surface area contributed by atoms with Gasteiger partial charge in [0.1, 0.15) is 5.82 Å². The molecule has 3 nitrogen and oxygen atoms in total. The third kappa shape index (κ3) is 2.79. The molecule has 1 heterocycles. The zero-order valence-corrected chi connectivity index (χ0v) is 9.38. The highest BCUT2D eigenvalue weighted by Gasteiger charge is 2.06. The lowest BCUT2D eigenvalue weighted by molar-refractivity contribution is 0.0696. The van der Waals surface area contributed by atoms with Crippen LogP contribution in [-0.4, -0.2) is 16.1 Å². The van der Waals surface area contributed by atoms with Crippen molar-refractivity contribution in [3.05, 3.63) is 65.2 Å². The van der Waals surface area contributed by atoms with Gasteiger partial charge in [-0.05, 0) is 23.8 Å². The standard InChI is InChI=1S/C14H10FNO2/c15-12-5-2-10(3-6-12)1-4-11-9-16-8-7-13(11)14(17)18/h1-9H,(H,17,18). The molecule has 0 saturated carbocycles. The van der Waals surface area contributed by atoms with Crippen molar-refractivity contribution in [2.24, 2.45) is 0 Å². The molecular weight excluding hydrogens is 233 g/mol. The number of hydrogen-bond acceptors (Lipinski definition) is 2. The van der Waals surface area contributed by atoms with E-state index >= 15 is 0 Å². The molecule has 0 radical (unpaired) electrons. The van der Waals surface area contributed by atoms with Crippen molar-refractivity contribution in [2.45, 2.75) is 0 Å². The number of carboxylic acids is 1. The highest BCUT2D eigenvalue weighted by atomic mass is 19.1. The number of aromatic nitrogens is 1. The second-order valence-corrected chi connectivity index (χ2v) is 3.65. The Morgan fingerprint density at radius 3 is 2.56 bits per heavy atom. The molecule has 0 aliphatic rings. The summed E-state index contributed by atoms with van der Waals surface area (Å²) in [5.41, 5.74) is 1.48. The van der Waals surface area contributed by atoms with Crippen molar-refractivity contribution < 1.29 is 14.3 Å². The van der Waals surface area contributed by atoms with Gasteiger partial charge in [0, 0.05) is 18.0 Å². The highest BCUT2D eigenvalue weighted by molar-refractivity contribution is 5.93. The zero-order chi connectivity index (χ0) is 13.0. The molecule has 0 atom stereocenters. The van der Waals surface area contributed by atoms with Gasteiger partial charge in [-0.2, -0.15) is 0 Å². The van der Waals surface area contributed by atoms with E-state index in [1.165, 1.54) is 30.6 Å². The molecule has 0 spiro atoms. The first-order valence-electron chi connectivity index (χ1n) is 5.28. The summed E-state index contributed by atoms with van der Waals surface area (Å²) < 4.78 is 12.7. The molecule has 0 saturated heterocycles. The average molecular weight is 243 g/mol. The molecule has 0 aliphatic heterocycles. The Morgan fingerprint density at radius 2 is 1.89 bits per heavy atom. The van der Waals surface area contributed by atoms with E-state index in [-0.39, 0.29) is 11.4 Å². The SMILES string of the molecule is O=C(O)c1ccncc1C=Cc1ccc(F)cc1. The van der Waals surface area contributed by atoms with Crippen LogP contribution in [0.4, 0.5) is 4.39 Å². The van der Waals surface area contributed by atoms with Crippen molar-refractivity contribution >= 4 is 18.1 Å². The summed E-state index contributed by atoms with van der Waals surface area (Å²) in [5, 5.41) is 8.99. The van der Waals surface area contributed by atoms with Crippen LogP contribution in [0.5, 0.6) is 0 Å².